The van der Waals surface area contributed by atoms with Gasteiger partial charge in [0.2, 0.25) is 11.8 Å². The SMILES string of the molecule is CC(C)(CCl)C(=O)N1CCCC1C(=O)NCCc1cc2c(-c3cnn4ncccc34)ccnc2[nH]1. The molecule has 2 N–H and O–H groups in total. The number of carbonyl (C=O) groups is 2. The number of hydrogen-bond donors (Lipinski definition) is 2. The van der Waals surface area contributed by atoms with Crippen LogP contribution in [0, 0.1) is 5.41 Å². The van der Waals surface area contributed by atoms with Crippen LogP contribution in [0.4, 0.5) is 0 Å². The van der Waals surface area contributed by atoms with Crippen molar-refractivity contribution in [3.8, 4) is 11.1 Å². The minimum atomic E-state index is -0.684. The maximum atomic E-state index is 12.9. The van der Waals surface area contributed by atoms with Crippen LogP contribution in [0.1, 0.15) is 32.4 Å². The van der Waals surface area contributed by atoms with Gasteiger partial charge < -0.3 is 15.2 Å². The molecule has 5 heterocycles. The molecule has 0 bridgehead atoms. The number of pyridine rings is 1. The first-order valence-electron chi connectivity index (χ1n) is 11.8. The fourth-order valence-electron chi connectivity index (χ4n) is 4.66. The number of fused-ring (bicyclic) bond motifs is 2. The van der Waals surface area contributed by atoms with Gasteiger partial charge in [-0.2, -0.15) is 14.8 Å². The lowest BCUT2D eigenvalue weighted by Gasteiger charge is -2.31. The quantitative estimate of drug-likeness (QED) is 0.384. The molecular weight excluding hydrogens is 466 g/mol. The van der Waals surface area contributed by atoms with Gasteiger partial charge in [-0.05, 0) is 56.5 Å². The Labute approximate surface area is 207 Å². The molecule has 1 aliphatic rings. The van der Waals surface area contributed by atoms with Crippen LogP contribution in [0.5, 0.6) is 0 Å². The molecule has 10 heteroatoms. The fraction of sp³-hybridized carbons (Fsp3) is 0.400. The monoisotopic (exact) mass is 493 g/mol. The van der Waals surface area contributed by atoms with Crippen molar-refractivity contribution in [2.45, 2.75) is 39.2 Å². The zero-order valence-corrected chi connectivity index (χ0v) is 20.5. The van der Waals surface area contributed by atoms with E-state index >= 15 is 0 Å². The van der Waals surface area contributed by atoms with E-state index in [0.29, 0.717) is 25.9 Å². The first kappa shape index (κ1) is 23.3. The van der Waals surface area contributed by atoms with Gasteiger partial charge in [0.15, 0.2) is 0 Å². The maximum Gasteiger partial charge on any atom is 0.242 e. The summed E-state index contributed by atoms with van der Waals surface area (Å²) < 4.78 is 1.61. The van der Waals surface area contributed by atoms with Crippen molar-refractivity contribution in [3.63, 3.8) is 0 Å². The van der Waals surface area contributed by atoms with Crippen molar-refractivity contribution >= 4 is 40.0 Å². The molecule has 9 nitrogen and oxygen atoms in total. The van der Waals surface area contributed by atoms with E-state index in [1.54, 1.807) is 21.9 Å². The summed E-state index contributed by atoms with van der Waals surface area (Å²) >= 11 is 5.99. The lowest BCUT2D eigenvalue weighted by molar-refractivity contribution is -0.144. The van der Waals surface area contributed by atoms with E-state index in [-0.39, 0.29) is 17.7 Å². The van der Waals surface area contributed by atoms with Gasteiger partial charge in [0.05, 0.1) is 17.1 Å². The minimum absolute atomic E-state index is 0.0674. The summed E-state index contributed by atoms with van der Waals surface area (Å²) in [7, 11) is 0. The van der Waals surface area contributed by atoms with Crippen molar-refractivity contribution in [3.05, 3.63) is 48.5 Å². The Kier molecular flexibility index (Phi) is 6.19. The zero-order valence-electron chi connectivity index (χ0n) is 19.8. The van der Waals surface area contributed by atoms with Crippen LogP contribution in [-0.4, -0.2) is 66.5 Å². The van der Waals surface area contributed by atoms with Crippen molar-refractivity contribution in [2.75, 3.05) is 19.0 Å². The molecule has 4 aromatic heterocycles. The molecule has 1 saturated heterocycles. The molecule has 1 atom stereocenters. The molecular formula is C25H28ClN7O2. The van der Waals surface area contributed by atoms with Gasteiger partial charge in [0, 0.05) is 54.4 Å². The highest BCUT2D eigenvalue weighted by Gasteiger charge is 2.40. The number of nitrogens with one attached hydrogen (secondary N) is 2. The number of alkyl halides is 1. The molecule has 4 aromatic rings. The number of carbonyl (C=O) groups excluding carboxylic acids is 2. The molecule has 5 rings (SSSR count). The number of H-pyrrole nitrogens is 1. The first-order valence-corrected chi connectivity index (χ1v) is 12.3. The summed E-state index contributed by atoms with van der Waals surface area (Å²) in [5.41, 5.74) is 3.99. The fourth-order valence-corrected chi connectivity index (χ4v) is 4.77. The van der Waals surface area contributed by atoms with Crippen LogP contribution in [0.25, 0.3) is 27.7 Å². The number of halogens is 1. The summed E-state index contributed by atoms with van der Waals surface area (Å²) in [5, 5.41) is 12.6. The third kappa shape index (κ3) is 4.36. The van der Waals surface area contributed by atoms with Crippen LogP contribution in [0.2, 0.25) is 0 Å². The van der Waals surface area contributed by atoms with E-state index in [1.807, 2.05) is 38.2 Å². The average Bonchev–Trinajstić information content (AvgIpc) is 3.61. The Morgan fingerprint density at radius 1 is 1.23 bits per heavy atom. The van der Waals surface area contributed by atoms with Gasteiger partial charge in [-0.3, -0.25) is 9.59 Å². The van der Waals surface area contributed by atoms with Crippen molar-refractivity contribution < 1.29 is 9.59 Å². The molecule has 0 spiro atoms. The Morgan fingerprint density at radius 3 is 2.91 bits per heavy atom. The number of aromatic amines is 1. The Morgan fingerprint density at radius 2 is 2.09 bits per heavy atom. The van der Waals surface area contributed by atoms with Crippen molar-refractivity contribution in [1.82, 2.24) is 35.0 Å². The molecule has 0 radical (unpaired) electrons. The van der Waals surface area contributed by atoms with Crippen LogP contribution in [-0.2, 0) is 16.0 Å². The number of likely N-dealkylation sites (tertiary alicyclic amines) is 1. The molecule has 0 saturated carbocycles. The molecule has 0 aliphatic carbocycles. The Hall–Kier alpha value is -3.46. The summed E-state index contributed by atoms with van der Waals surface area (Å²) in [5.74, 6) is 0.0380. The second-order valence-electron chi connectivity index (χ2n) is 9.59. The highest BCUT2D eigenvalue weighted by molar-refractivity contribution is 6.20. The van der Waals surface area contributed by atoms with Crippen molar-refractivity contribution in [1.29, 1.82) is 0 Å². The van der Waals surface area contributed by atoms with E-state index in [2.05, 4.69) is 31.5 Å². The van der Waals surface area contributed by atoms with Crippen LogP contribution < -0.4 is 5.32 Å². The molecule has 1 fully saturated rings. The van der Waals surface area contributed by atoms with Crippen LogP contribution in [0.15, 0.2) is 42.9 Å². The van der Waals surface area contributed by atoms with Gasteiger partial charge in [-0.1, -0.05) is 0 Å². The summed E-state index contributed by atoms with van der Waals surface area (Å²) in [6, 6.07) is 7.47. The molecule has 1 unspecified atom stereocenters. The number of amides is 2. The summed E-state index contributed by atoms with van der Waals surface area (Å²) in [6.07, 6.45) is 7.39. The second-order valence-corrected chi connectivity index (χ2v) is 9.85. The van der Waals surface area contributed by atoms with E-state index in [1.165, 1.54) is 0 Å². The van der Waals surface area contributed by atoms with E-state index < -0.39 is 11.5 Å². The molecule has 1 aliphatic heterocycles. The Balaban J connectivity index is 1.28. The zero-order chi connectivity index (χ0) is 24.6. The van der Waals surface area contributed by atoms with E-state index in [0.717, 1.165) is 39.8 Å². The second kappa shape index (κ2) is 9.30. The standard InChI is InChI=1S/C25H28ClN7O2/c1-25(2,15-26)24(35)32-12-4-6-21(32)23(34)28-10-7-16-13-18-17(8-11-27-22(18)31-16)19-14-30-33-20(19)5-3-9-29-33/h3,5,8-9,11,13-14,21H,4,6-7,10,12,15H2,1-2H3,(H,27,31)(H,28,34). The van der Waals surface area contributed by atoms with E-state index in [4.69, 9.17) is 11.6 Å². The van der Waals surface area contributed by atoms with Gasteiger partial charge in [0.25, 0.3) is 0 Å². The largest absolute Gasteiger partial charge is 0.354 e. The summed E-state index contributed by atoms with van der Waals surface area (Å²) in [4.78, 5) is 35.3. The molecule has 182 valence electrons. The van der Waals surface area contributed by atoms with Crippen LogP contribution >= 0.6 is 11.6 Å². The lowest BCUT2D eigenvalue weighted by atomic mass is 9.94. The average molecular weight is 494 g/mol. The third-order valence-electron chi connectivity index (χ3n) is 6.60. The van der Waals surface area contributed by atoms with Gasteiger partial charge >= 0.3 is 0 Å². The number of hydrogen-bond acceptors (Lipinski definition) is 5. The highest BCUT2D eigenvalue weighted by atomic mass is 35.5. The Bertz CT molecular complexity index is 1390. The predicted molar refractivity (Wildman–Crippen MR) is 134 cm³/mol. The predicted octanol–water partition coefficient (Wildman–Crippen LogP) is 3.19. The number of aromatic nitrogens is 5. The lowest BCUT2D eigenvalue weighted by Crippen LogP contribution is -2.50. The smallest absolute Gasteiger partial charge is 0.242 e. The number of nitrogens with zero attached hydrogens (tertiary/aromatic N) is 5. The summed E-state index contributed by atoms with van der Waals surface area (Å²) in [6.45, 7) is 4.68. The topological polar surface area (TPSA) is 108 Å². The normalized spacial score (nSPS) is 16.3. The first-order chi connectivity index (χ1) is 16.9. The van der Waals surface area contributed by atoms with Gasteiger partial charge in [-0.25, -0.2) is 4.98 Å². The minimum Gasteiger partial charge on any atom is -0.354 e. The maximum absolute atomic E-state index is 12.9. The highest BCUT2D eigenvalue weighted by Crippen LogP contribution is 2.31. The molecule has 0 aromatic carbocycles. The van der Waals surface area contributed by atoms with E-state index in [9.17, 15) is 9.59 Å². The molecule has 2 amide bonds. The third-order valence-corrected chi connectivity index (χ3v) is 7.27. The van der Waals surface area contributed by atoms with Gasteiger partial charge in [0.1, 0.15) is 11.7 Å². The number of rotatable bonds is 7. The molecule has 35 heavy (non-hydrogen) atoms. The van der Waals surface area contributed by atoms with Crippen molar-refractivity contribution in [2.24, 2.45) is 5.41 Å². The van der Waals surface area contributed by atoms with Gasteiger partial charge in [-0.15, -0.1) is 11.6 Å². The van der Waals surface area contributed by atoms with Crippen LogP contribution in [0.3, 0.4) is 0 Å².